The number of hydrogen-bond acceptors (Lipinski definition) is 5. The van der Waals surface area contributed by atoms with Gasteiger partial charge in [0.1, 0.15) is 0 Å². The third-order valence-electron chi connectivity index (χ3n) is 2.65. The number of nitrogens with zero attached hydrogens (tertiary/aromatic N) is 3. The van der Waals surface area contributed by atoms with E-state index in [-0.39, 0.29) is 6.61 Å². The minimum absolute atomic E-state index is 0.0908. The van der Waals surface area contributed by atoms with Crippen LogP contribution in [0.4, 0.5) is 0 Å². The Morgan fingerprint density at radius 3 is 2.74 bits per heavy atom. The quantitative estimate of drug-likeness (QED) is 0.767. The van der Waals surface area contributed by atoms with Gasteiger partial charge in [-0.1, -0.05) is 24.3 Å². The molecule has 0 aliphatic rings. The zero-order valence-electron chi connectivity index (χ0n) is 10.7. The topological polar surface area (TPSA) is 62.4 Å². The summed E-state index contributed by atoms with van der Waals surface area (Å²) in [6.45, 7) is 5.51. The van der Waals surface area contributed by atoms with Crippen molar-refractivity contribution in [1.29, 1.82) is 0 Å². The highest BCUT2D eigenvalue weighted by Gasteiger charge is 2.11. The molecule has 0 amide bonds. The minimum Gasteiger partial charge on any atom is -0.419 e. The molecule has 5 nitrogen and oxygen atoms in total. The van der Waals surface area contributed by atoms with Crippen molar-refractivity contribution in [3.63, 3.8) is 0 Å². The maximum absolute atomic E-state index is 8.98. The number of aromatic nitrogens is 2. The Labute approximate surface area is 112 Å². The molecule has 1 N–H and O–H groups in total. The molecule has 0 aliphatic heterocycles. The number of aliphatic hydroxyl groups excluding tert-OH is 1. The van der Waals surface area contributed by atoms with E-state index in [1.807, 2.05) is 35.2 Å². The summed E-state index contributed by atoms with van der Waals surface area (Å²) in [6.07, 6.45) is 1.78. The molecule has 1 heterocycles. The van der Waals surface area contributed by atoms with E-state index < -0.39 is 0 Å². The molecule has 0 unspecified atom stereocenters. The molecule has 0 saturated carbocycles. The molecular formula is C14H17N3O2. The van der Waals surface area contributed by atoms with Crippen molar-refractivity contribution in [2.45, 2.75) is 6.54 Å². The van der Waals surface area contributed by atoms with Gasteiger partial charge in [0.2, 0.25) is 11.8 Å². The standard InChI is InChI=1S/C14H17N3O2/c1-2-8-17(9-10-18)11-13-15-16-14(19-13)12-6-4-3-5-7-12/h2-7,18H,1,8-11H2. The van der Waals surface area contributed by atoms with Crippen LogP contribution in [-0.2, 0) is 6.54 Å². The first-order valence-electron chi connectivity index (χ1n) is 6.15. The third-order valence-corrected chi connectivity index (χ3v) is 2.65. The second-order valence-electron chi connectivity index (χ2n) is 4.11. The van der Waals surface area contributed by atoms with Gasteiger partial charge in [0.25, 0.3) is 0 Å². The minimum atomic E-state index is 0.0908. The molecule has 0 spiro atoms. The lowest BCUT2D eigenvalue weighted by Crippen LogP contribution is -2.26. The van der Waals surface area contributed by atoms with Gasteiger partial charge < -0.3 is 9.52 Å². The molecule has 0 saturated heterocycles. The van der Waals surface area contributed by atoms with Gasteiger partial charge in [-0.2, -0.15) is 0 Å². The molecule has 100 valence electrons. The van der Waals surface area contributed by atoms with Crippen LogP contribution < -0.4 is 0 Å². The van der Waals surface area contributed by atoms with Gasteiger partial charge in [0.15, 0.2) is 0 Å². The third kappa shape index (κ3) is 3.74. The first-order valence-corrected chi connectivity index (χ1v) is 6.15. The van der Waals surface area contributed by atoms with Crippen LogP contribution in [0, 0.1) is 0 Å². The molecule has 1 aromatic heterocycles. The number of hydrogen-bond donors (Lipinski definition) is 1. The summed E-state index contributed by atoms with van der Waals surface area (Å²) in [6, 6.07) is 9.64. The van der Waals surface area contributed by atoms with Crippen molar-refractivity contribution >= 4 is 0 Å². The predicted molar refractivity (Wildman–Crippen MR) is 72.3 cm³/mol. The smallest absolute Gasteiger partial charge is 0.247 e. The van der Waals surface area contributed by atoms with Crippen LogP contribution in [0.5, 0.6) is 0 Å². The van der Waals surface area contributed by atoms with Crippen LogP contribution in [0.25, 0.3) is 11.5 Å². The Balaban J connectivity index is 2.06. The molecule has 1 aromatic carbocycles. The van der Waals surface area contributed by atoms with Gasteiger partial charge in [-0.05, 0) is 12.1 Å². The summed E-state index contributed by atoms with van der Waals surface area (Å²) in [7, 11) is 0. The fraction of sp³-hybridized carbons (Fsp3) is 0.286. The van der Waals surface area contributed by atoms with Crippen molar-refractivity contribution in [3.8, 4) is 11.5 Å². The molecule has 0 fully saturated rings. The first-order chi connectivity index (χ1) is 9.33. The highest BCUT2D eigenvalue weighted by Crippen LogP contribution is 2.17. The molecule has 0 bridgehead atoms. The lowest BCUT2D eigenvalue weighted by molar-refractivity contribution is 0.192. The van der Waals surface area contributed by atoms with E-state index in [0.29, 0.717) is 31.4 Å². The fourth-order valence-corrected chi connectivity index (χ4v) is 1.77. The average molecular weight is 259 g/mol. The van der Waals surface area contributed by atoms with E-state index in [9.17, 15) is 0 Å². The van der Waals surface area contributed by atoms with Crippen LogP contribution in [0.15, 0.2) is 47.4 Å². The van der Waals surface area contributed by atoms with Crippen LogP contribution in [0.2, 0.25) is 0 Å². The summed E-state index contributed by atoms with van der Waals surface area (Å²) in [5, 5.41) is 17.0. The zero-order valence-corrected chi connectivity index (χ0v) is 10.7. The zero-order chi connectivity index (χ0) is 13.5. The lowest BCUT2D eigenvalue weighted by atomic mass is 10.2. The molecule has 5 heteroatoms. The lowest BCUT2D eigenvalue weighted by Gasteiger charge is -2.16. The summed E-state index contributed by atoms with van der Waals surface area (Å²) in [4.78, 5) is 1.98. The van der Waals surface area contributed by atoms with E-state index >= 15 is 0 Å². The van der Waals surface area contributed by atoms with Crippen LogP contribution >= 0.6 is 0 Å². The van der Waals surface area contributed by atoms with Crippen molar-refractivity contribution < 1.29 is 9.52 Å². The molecule has 2 aromatic rings. The Kier molecular flexibility index (Phi) is 4.83. The average Bonchev–Trinajstić information content (AvgIpc) is 2.89. The Hall–Kier alpha value is -1.98. The largest absolute Gasteiger partial charge is 0.419 e. The van der Waals surface area contributed by atoms with Crippen LogP contribution in [-0.4, -0.2) is 39.9 Å². The summed E-state index contributed by atoms with van der Waals surface area (Å²) in [5.41, 5.74) is 0.902. The van der Waals surface area contributed by atoms with E-state index in [1.54, 1.807) is 6.08 Å². The molecule has 19 heavy (non-hydrogen) atoms. The maximum atomic E-state index is 8.98. The van der Waals surface area contributed by atoms with Crippen molar-refractivity contribution in [1.82, 2.24) is 15.1 Å². The van der Waals surface area contributed by atoms with Crippen LogP contribution in [0.3, 0.4) is 0 Å². The van der Waals surface area contributed by atoms with Crippen molar-refractivity contribution in [2.75, 3.05) is 19.7 Å². The van der Waals surface area contributed by atoms with Gasteiger partial charge in [0, 0.05) is 18.7 Å². The normalized spacial score (nSPS) is 10.8. The number of benzene rings is 1. The fourth-order valence-electron chi connectivity index (χ4n) is 1.77. The highest BCUT2D eigenvalue weighted by molar-refractivity contribution is 5.51. The monoisotopic (exact) mass is 259 g/mol. The maximum Gasteiger partial charge on any atom is 0.247 e. The Morgan fingerprint density at radius 2 is 2.05 bits per heavy atom. The summed E-state index contributed by atoms with van der Waals surface area (Å²) < 4.78 is 5.61. The second kappa shape index (κ2) is 6.82. The molecule has 0 aliphatic carbocycles. The van der Waals surface area contributed by atoms with Gasteiger partial charge in [0.05, 0.1) is 13.2 Å². The van der Waals surface area contributed by atoms with Gasteiger partial charge >= 0.3 is 0 Å². The van der Waals surface area contributed by atoms with E-state index in [4.69, 9.17) is 9.52 Å². The SMILES string of the molecule is C=CCN(CCO)Cc1nnc(-c2ccccc2)o1. The van der Waals surface area contributed by atoms with Crippen LogP contribution in [0.1, 0.15) is 5.89 Å². The van der Waals surface area contributed by atoms with Gasteiger partial charge in [-0.25, -0.2) is 0 Å². The summed E-state index contributed by atoms with van der Waals surface area (Å²) in [5.74, 6) is 1.05. The Bertz CT molecular complexity index is 510. The molecule has 0 radical (unpaired) electrons. The first kappa shape index (κ1) is 13.5. The van der Waals surface area contributed by atoms with E-state index in [0.717, 1.165) is 5.56 Å². The van der Waals surface area contributed by atoms with Crippen molar-refractivity contribution in [2.24, 2.45) is 0 Å². The number of rotatable bonds is 7. The van der Waals surface area contributed by atoms with Crippen molar-refractivity contribution in [3.05, 3.63) is 48.9 Å². The molecular weight excluding hydrogens is 242 g/mol. The number of aliphatic hydroxyl groups is 1. The van der Waals surface area contributed by atoms with E-state index in [2.05, 4.69) is 16.8 Å². The Morgan fingerprint density at radius 1 is 1.26 bits per heavy atom. The van der Waals surface area contributed by atoms with Gasteiger partial charge in [-0.3, -0.25) is 4.90 Å². The van der Waals surface area contributed by atoms with E-state index in [1.165, 1.54) is 0 Å². The molecule has 2 rings (SSSR count). The predicted octanol–water partition coefficient (Wildman–Crippen LogP) is 1.72. The molecule has 0 atom stereocenters. The second-order valence-corrected chi connectivity index (χ2v) is 4.11. The highest BCUT2D eigenvalue weighted by atomic mass is 16.4. The van der Waals surface area contributed by atoms with Gasteiger partial charge in [-0.15, -0.1) is 16.8 Å². The summed E-state index contributed by atoms with van der Waals surface area (Å²) >= 11 is 0.